The van der Waals surface area contributed by atoms with Crippen molar-refractivity contribution in [1.82, 2.24) is 0 Å². The van der Waals surface area contributed by atoms with Gasteiger partial charge in [-0.25, -0.2) is 8.78 Å². The Labute approximate surface area is 74.4 Å². The van der Waals surface area contributed by atoms with Crippen LogP contribution >= 0.6 is 0 Å². The van der Waals surface area contributed by atoms with Crippen LogP contribution in [0.2, 0.25) is 0 Å². The van der Waals surface area contributed by atoms with Crippen LogP contribution in [0.5, 0.6) is 0 Å². The van der Waals surface area contributed by atoms with E-state index < -0.39 is 12.8 Å². The number of halogens is 2. The van der Waals surface area contributed by atoms with E-state index in [-0.39, 0.29) is 5.92 Å². The molecule has 0 aromatic carbocycles. The van der Waals surface area contributed by atoms with Crippen LogP contribution in [-0.2, 0) is 0 Å². The van der Waals surface area contributed by atoms with E-state index in [1.54, 1.807) is 6.92 Å². The highest BCUT2D eigenvalue weighted by molar-refractivity contribution is 4.68. The van der Waals surface area contributed by atoms with Crippen molar-refractivity contribution < 1.29 is 8.78 Å². The van der Waals surface area contributed by atoms with E-state index >= 15 is 0 Å². The van der Waals surface area contributed by atoms with E-state index in [4.69, 9.17) is 0 Å². The van der Waals surface area contributed by atoms with Crippen LogP contribution in [0.3, 0.4) is 0 Å². The molecule has 0 aromatic rings. The first-order valence-corrected chi connectivity index (χ1v) is 4.69. The van der Waals surface area contributed by atoms with Gasteiger partial charge in [0.25, 0.3) is 0 Å². The normalized spacial score (nSPS) is 19.2. The van der Waals surface area contributed by atoms with Crippen LogP contribution in [0.25, 0.3) is 0 Å². The Bertz CT molecular complexity index is 112. The van der Waals surface area contributed by atoms with Crippen molar-refractivity contribution in [1.29, 1.82) is 0 Å². The van der Waals surface area contributed by atoms with E-state index in [0.717, 1.165) is 6.42 Å². The molecule has 0 heterocycles. The second-order valence-electron chi connectivity index (χ2n) is 4.10. The lowest BCUT2D eigenvalue weighted by molar-refractivity contribution is 0.162. The minimum Gasteiger partial charge on any atom is -0.248 e. The molecule has 0 nitrogen and oxygen atoms in total. The summed E-state index contributed by atoms with van der Waals surface area (Å²) in [4.78, 5) is 0. The second kappa shape index (κ2) is 5.50. The van der Waals surface area contributed by atoms with Gasteiger partial charge in [-0.05, 0) is 24.2 Å². The lowest BCUT2D eigenvalue weighted by Crippen LogP contribution is -2.19. The fraction of sp³-hybridized carbons (Fsp3) is 1.00. The average Bonchev–Trinajstić information content (AvgIpc) is 2.02. The molecule has 3 unspecified atom stereocenters. The fourth-order valence-electron chi connectivity index (χ4n) is 1.16. The molecule has 0 saturated heterocycles. The first kappa shape index (κ1) is 11.9. The predicted octanol–water partition coefficient (Wildman–Crippen LogP) is 3.61. The lowest BCUT2D eigenvalue weighted by atomic mass is 9.87. The summed E-state index contributed by atoms with van der Waals surface area (Å²) in [5.41, 5.74) is 0. The van der Waals surface area contributed by atoms with Gasteiger partial charge in [-0.15, -0.1) is 0 Å². The zero-order valence-electron chi connectivity index (χ0n) is 8.48. The summed E-state index contributed by atoms with van der Waals surface area (Å²) in [5.74, 6) is 0.886. The Hall–Kier alpha value is -0.140. The van der Waals surface area contributed by atoms with E-state index in [1.807, 2.05) is 0 Å². The van der Waals surface area contributed by atoms with Crippen molar-refractivity contribution in [3.63, 3.8) is 0 Å². The van der Waals surface area contributed by atoms with Gasteiger partial charge in [-0.2, -0.15) is 0 Å². The van der Waals surface area contributed by atoms with E-state index in [9.17, 15) is 8.78 Å². The summed E-state index contributed by atoms with van der Waals surface area (Å²) in [7, 11) is 0. The Morgan fingerprint density at radius 2 is 1.50 bits per heavy atom. The van der Waals surface area contributed by atoms with Crippen molar-refractivity contribution in [3.05, 3.63) is 0 Å². The van der Waals surface area contributed by atoms with Crippen LogP contribution in [0.1, 0.15) is 34.1 Å². The quantitative estimate of drug-likeness (QED) is 0.603. The molecule has 0 rings (SSSR count). The molecule has 0 aliphatic heterocycles. The van der Waals surface area contributed by atoms with Crippen molar-refractivity contribution in [3.8, 4) is 0 Å². The van der Waals surface area contributed by atoms with Gasteiger partial charge in [0.15, 0.2) is 0 Å². The Morgan fingerprint density at radius 1 is 1.00 bits per heavy atom. The minimum atomic E-state index is -1.27. The van der Waals surface area contributed by atoms with E-state index in [1.165, 1.54) is 0 Å². The minimum absolute atomic E-state index is 0.146. The van der Waals surface area contributed by atoms with Gasteiger partial charge in [-0.3, -0.25) is 0 Å². The summed E-state index contributed by atoms with van der Waals surface area (Å²) in [6.07, 6.45) is -0.492. The third-order valence-corrected chi connectivity index (χ3v) is 2.65. The first-order valence-electron chi connectivity index (χ1n) is 4.69. The molecule has 0 radical (unpaired) electrons. The van der Waals surface area contributed by atoms with Gasteiger partial charge in [0.05, 0.1) is 0 Å². The predicted molar refractivity (Wildman–Crippen MR) is 48.7 cm³/mol. The molecular formula is C10H20F2. The largest absolute Gasteiger partial charge is 0.248 e. The monoisotopic (exact) mass is 178 g/mol. The molecule has 0 amide bonds. The van der Waals surface area contributed by atoms with Gasteiger partial charge >= 0.3 is 0 Å². The highest BCUT2D eigenvalue weighted by atomic mass is 19.2. The Morgan fingerprint density at radius 3 is 1.83 bits per heavy atom. The summed E-state index contributed by atoms with van der Waals surface area (Å²) in [5, 5.41) is 0. The standard InChI is InChI=1S/C10H20F2/c1-7(2)8(3)5-9(4)10(12)6-11/h7-10H,5-6H2,1-4H3. The molecule has 12 heavy (non-hydrogen) atoms. The van der Waals surface area contributed by atoms with Crippen LogP contribution in [-0.4, -0.2) is 12.8 Å². The SMILES string of the molecule is CC(C)C(C)CC(C)C(F)CF. The molecule has 0 aromatic heterocycles. The highest BCUT2D eigenvalue weighted by Gasteiger charge is 2.19. The van der Waals surface area contributed by atoms with E-state index in [0.29, 0.717) is 11.8 Å². The van der Waals surface area contributed by atoms with Crippen molar-refractivity contribution in [2.24, 2.45) is 17.8 Å². The summed E-state index contributed by atoms with van der Waals surface area (Å²) < 4.78 is 24.7. The topological polar surface area (TPSA) is 0 Å². The molecule has 3 atom stereocenters. The maximum atomic E-state index is 12.8. The van der Waals surface area contributed by atoms with Gasteiger partial charge in [0.2, 0.25) is 0 Å². The number of rotatable bonds is 5. The molecule has 0 saturated carbocycles. The lowest BCUT2D eigenvalue weighted by Gasteiger charge is -2.21. The molecule has 74 valence electrons. The Balaban J connectivity index is 3.75. The van der Waals surface area contributed by atoms with Crippen molar-refractivity contribution in [2.45, 2.75) is 40.3 Å². The zero-order chi connectivity index (χ0) is 9.72. The third kappa shape index (κ3) is 4.03. The molecule has 0 fully saturated rings. The van der Waals surface area contributed by atoms with Crippen LogP contribution < -0.4 is 0 Å². The van der Waals surface area contributed by atoms with Crippen molar-refractivity contribution >= 4 is 0 Å². The molecule has 0 bridgehead atoms. The second-order valence-corrected chi connectivity index (χ2v) is 4.10. The fourth-order valence-corrected chi connectivity index (χ4v) is 1.16. The average molecular weight is 178 g/mol. The summed E-state index contributed by atoms with van der Waals surface area (Å²) in [6, 6.07) is 0. The molecule has 0 spiro atoms. The van der Waals surface area contributed by atoms with Gasteiger partial charge < -0.3 is 0 Å². The van der Waals surface area contributed by atoms with Gasteiger partial charge in [0, 0.05) is 0 Å². The van der Waals surface area contributed by atoms with Crippen LogP contribution in [0.4, 0.5) is 8.78 Å². The first-order chi connectivity index (χ1) is 5.49. The van der Waals surface area contributed by atoms with Gasteiger partial charge in [0.1, 0.15) is 12.8 Å². The molecule has 0 N–H and O–H groups in total. The smallest absolute Gasteiger partial charge is 0.131 e. The Kier molecular flexibility index (Phi) is 5.43. The van der Waals surface area contributed by atoms with Crippen LogP contribution in [0, 0.1) is 17.8 Å². The molecule has 2 heteroatoms. The maximum Gasteiger partial charge on any atom is 0.131 e. The number of hydrogen-bond acceptors (Lipinski definition) is 0. The summed E-state index contributed by atoms with van der Waals surface area (Å²) >= 11 is 0. The number of alkyl halides is 2. The van der Waals surface area contributed by atoms with Crippen molar-refractivity contribution in [2.75, 3.05) is 6.67 Å². The molecule has 0 aliphatic rings. The number of hydrogen-bond donors (Lipinski definition) is 0. The zero-order valence-corrected chi connectivity index (χ0v) is 8.48. The van der Waals surface area contributed by atoms with Gasteiger partial charge in [-0.1, -0.05) is 27.7 Å². The molecular weight excluding hydrogens is 158 g/mol. The molecule has 0 aliphatic carbocycles. The van der Waals surface area contributed by atoms with E-state index in [2.05, 4.69) is 20.8 Å². The van der Waals surface area contributed by atoms with Crippen LogP contribution in [0.15, 0.2) is 0 Å². The summed E-state index contributed by atoms with van der Waals surface area (Å²) in [6.45, 7) is 7.25. The highest BCUT2D eigenvalue weighted by Crippen LogP contribution is 2.23. The maximum absolute atomic E-state index is 12.8. The third-order valence-electron chi connectivity index (χ3n) is 2.65.